The predicted octanol–water partition coefficient (Wildman–Crippen LogP) is 2.28. The number of carboxylic acids is 1. The minimum absolute atomic E-state index is 0.00744. The van der Waals surface area contributed by atoms with Crippen molar-refractivity contribution < 1.29 is 48.7 Å². The van der Waals surface area contributed by atoms with Gasteiger partial charge in [0.25, 0.3) is 0 Å². The Bertz CT molecular complexity index is 1040. The largest absolute Gasteiger partial charge is 0.481 e. The molecule has 0 aromatic heterocycles. The number of aliphatic hydroxyl groups is 2. The van der Waals surface area contributed by atoms with Gasteiger partial charge >= 0.3 is 17.9 Å². The highest BCUT2D eigenvalue weighted by Gasteiger charge is 2.69. The van der Waals surface area contributed by atoms with Gasteiger partial charge in [0.15, 0.2) is 5.79 Å². The molecule has 9 aliphatic rings. The van der Waals surface area contributed by atoms with Gasteiger partial charge in [-0.2, -0.15) is 0 Å². The molecule has 10 nitrogen and oxygen atoms in total. The van der Waals surface area contributed by atoms with Crippen LogP contribution in [0.4, 0.5) is 0 Å². The molecule has 3 N–H and O–H groups in total. The molecule has 8 bridgehead atoms. The van der Waals surface area contributed by atoms with Gasteiger partial charge in [-0.05, 0) is 100 Å². The molecule has 9 fully saturated rings. The van der Waals surface area contributed by atoms with Gasteiger partial charge < -0.3 is 34.3 Å². The molecule has 1 spiro atoms. The van der Waals surface area contributed by atoms with Crippen molar-refractivity contribution >= 4 is 17.9 Å². The average Bonchev–Trinajstić information content (AvgIpc) is 3.75. The van der Waals surface area contributed by atoms with E-state index in [1.165, 1.54) is 0 Å². The fourth-order valence-corrected chi connectivity index (χ4v) is 11.1. The number of carbonyl (C=O) groups is 3. The van der Waals surface area contributed by atoms with Gasteiger partial charge in [-0.25, -0.2) is 0 Å². The summed E-state index contributed by atoms with van der Waals surface area (Å²) in [5.74, 6) is -1.76. The number of carbonyl (C=O) groups excluding carboxylic acids is 2. The quantitative estimate of drug-likeness (QED) is 0.387. The zero-order chi connectivity index (χ0) is 28.3. The molecule has 0 aromatic carbocycles. The lowest BCUT2D eigenvalue weighted by atomic mass is 9.47. The van der Waals surface area contributed by atoms with Crippen molar-refractivity contribution in [3.8, 4) is 0 Å². The van der Waals surface area contributed by atoms with Crippen LogP contribution in [0.2, 0.25) is 0 Å². The van der Waals surface area contributed by atoms with Gasteiger partial charge in [0, 0.05) is 11.8 Å². The Labute approximate surface area is 239 Å². The monoisotopic (exact) mass is 574 g/mol. The predicted molar refractivity (Wildman–Crippen MR) is 139 cm³/mol. The van der Waals surface area contributed by atoms with Crippen molar-refractivity contribution in [2.24, 2.45) is 58.7 Å². The Morgan fingerprint density at radius 3 is 1.54 bits per heavy atom. The van der Waals surface area contributed by atoms with Crippen molar-refractivity contribution in [1.29, 1.82) is 0 Å². The Kier molecular flexibility index (Phi) is 6.14. The highest BCUT2D eigenvalue weighted by Crippen LogP contribution is 2.66. The molecule has 0 amide bonds. The number of hydrogen-bond donors (Lipinski definition) is 3. The summed E-state index contributed by atoms with van der Waals surface area (Å²) in [5.41, 5.74) is -0.723. The van der Waals surface area contributed by atoms with E-state index in [9.17, 15) is 29.7 Å². The minimum Gasteiger partial charge on any atom is -0.481 e. The van der Waals surface area contributed by atoms with Crippen molar-refractivity contribution in [2.75, 3.05) is 13.2 Å². The lowest BCUT2D eigenvalue weighted by Gasteiger charge is -2.61. The van der Waals surface area contributed by atoms with E-state index in [2.05, 4.69) is 0 Å². The van der Waals surface area contributed by atoms with Crippen molar-refractivity contribution in [1.82, 2.24) is 0 Å². The molecular formula is C31H42O10. The zero-order valence-corrected chi connectivity index (χ0v) is 23.4. The van der Waals surface area contributed by atoms with Gasteiger partial charge in [0.05, 0.1) is 29.5 Å². The summed E-state index contributed by atoms with van der Waals surface area (Å²) in [6.07, 6.45) is 5.88. The number of rotatable bonds is 7. The first-order chi connectivity index (χ1) is 19.6. The third-order valence-electron chi connectivity index (χ3n) is 12.9. The van der Waals surface area contributed by atoms with Gasteiger partial charge in [0.1, 0.15) is 25.4 Å². The molecule has 0 radical (unpaired) electrons. The van der Waals surface area contributed by atoms with Crippen molar-refractivity contribution in [3.05, 3.63) is 0 Å². The summed E-state index contributed by atoms with van der Waals surface area (Å²) in [4.78, 5) is 38.5. The standard InChI is InChI=1S/C31H42O10/c32-23-7-15-3-17(23)5-21(15)27(34)38-12-25-26(13-39-28(35)22-6-18-4-16(22)8-24(18)33)41-31(40-25)19-1-14-2-20(31)11-30(9-14,10-19)29(36)37/h14-26,32-33H,1-13H2,(H,36,37). The van der Waals surface area contributed by atoms with Gasteiger partial charge in [-0.15, -0.1) is 0 Å². The zero-order valence-electron chi connectivity index (χ0n) is 23.4. The number of fused-ring (bicyclic) bond motifs is 4. The minimum atomic E-state index is -0.947. The maximum Gasteiger partial charge on any atom is 0.309 e. The van der Waals surface area contributed by atoms with Crippen molar-refractivity contribution in [2.45, 2.75) is 101 Å². The van der Waals surface area contributed by atoms with E-state index >= 15 is 0 Å². The first kappa shape index (κ1) is 26.8. The lowest BCUT2D eigenvalue weighted by Crippen LogP contribution is -2.63. The number of carboxylic acid groups (broad SMARTS) is 1. The third kappa shape index (κ3) is 4.06. The van der Waals surface area contributed by atoms with Crippen LogP contribution in [0, 0.1) is 58.7 Å². The van der Waals surface area contributed by atoms with Crippen LogP contribution in [0.3, 0.4) is 0 Å². The molecule has 8 saturated carbocycles. The van der Waals surface area contributed by atoms with E-state index in [1.54, 1.807) is 0 Å². The normalized spacial score (nSPS) is 53.9. The second-order valence-electron chi connectivity index (χ2n) is 15.0. The fraction of sp³-hybridized carbons (Fsp3) is 0.903. The molecule has 10 heteroatoms. The highest BCUT2D eigenvalue weighted by atomic mass is 16.8. The van der Waals surface area contributed by atoms with Crippen LogP contribution in [-0.4, -0.2) is 76.6 Å². The second-order valence-corrected chi connectivity index (χ2v) is 15.0. The molecule has 12 unspecified atom stereocenters. The summed E-state index contributed by atoms with van der Waals surface area (Å²) in [5, 5.41) is 30.3. The summed E-state index contributed by atoms with van der Waals surface area (Å²) in [6.45, 7) is -0.0149. The van der Waals surface area contributed by atoms with Gasteiger partial charge in [0.2, 0.25) is 0 Å². The van der Waals surface area contributed by atoms with Gasteiger partial charge in [-0.1, -0.05) is 0 Å². The molecule has 12 atom stereocenters. The molecule has 1 saturated heterocycles. The Hall–Kier alpha value is -1.75. The number of ether oxygens (including phenoxy) is 4. The Morgan fingerprint density at radius 2 is 1.15 bits per heavy atom. The average molecular weight is 575 g/mol. The maximum absolute atomic E-state index is 13.1. The van der Waals surface area contributed by atoms with Crippen molar-refractivity contribution in [3.63, 3.8) is 0 Å². The summed E-state index contributed by atoms with van der Waals surface area (Å²) in [7, 11) is 0. The van der Waals surface area contributed by atoms with Crippen LogP contribution in [0.25, 0.3) is 0 Å². The van der Waals surface area contributed by atoms with E-state index < -0.39 is 29.4 Å². The summed E-state index contributed by atoms with van der Waals surface area (Å²) >= 11 is 0. The molecule has 1 aliphatic heterocycles. The topological polar surface area (TPSA) is 149 Å². The maximum atomic E-state index is 13.1. The van der Waals surface area contributed by atoms with Crippen LogP contribution < -0.4 is 0 Å². The van der Waals surface area contributed by atoms with Crippen LogP contribution in [-0.2, 0) is 33.3 Å². The molecule has 1 heterocycles. The highest BCUT2D eigenvalue weighted by molar-refractivity contribution is 5.76. The van der Waals surface area contributed by atoms with Crippen LogP contribution >= 0.6 is 0 Å². The number of esters is 2. The molecule has 226 valence electrons. The molecule has 9 rings (SSSR count). The van der Waals surface area contributed by atoms with E-state index in [-0.39, 0.29) is 84.7 Å². The summed E-state index contributed by atoms with van der Waals surface area (Å²) in [6, 6.07) is 0. The molecule has 41 heavy (non-hydrogen) atoms. The van der Waals surface area contributed by atoms with Crippen LogP contribution in [0.1, 0.15) is 70.6 Å². The van der Waals surface area contributed by atoms with E-state index in [4.69, 9.17) is 18.9 Å². The van der Waals surface area contributed by atoms with E-state index in [0.717, 1.165) is 25.7 Å². The SMILES string of the molecule is O=C(OCC1OC2(OC1COC(=O)C1CC3CC1CC3O)C1CC3CC2CC(C(=O)O)(C3)C1)C1CC2CC1CC2O. The first-order valence-corrected chi connectivity index (χ1v) is 15.9. The second kappa shape index (κ2) is 9.37. The molecule has 8 aliphatic carbocycles. The first-order valence-electron chi connectivity index (χ1n) is 15.9. The smallest absolute Gasteiger partial charge is 0.309 e. The van der Waals surface area contributed by atoms with Gasteiger partial charge in [-0.3, -0.25) is 14.4 Å². The third-order valence-corrected chi connectivity index (χ3v) is 12.9. The molecular weight excluding hydrogens is 532 g/mol. The lowest BCUT2D eigenvalue weighted by molar-refractivity contribution is -0.312. The Balaban J connectivity index is 0.974. The number of aliphatic hydroxyl groups excluding tert-OH is 2. The number of hydrogen-bond acceptors (Lipinski definition) is 9. The van der Waals surface area contributed by atoms with E-state index in [0.29, 0.717) is 50.9 Å². The van der Waals surface area contributed by atoms with E-state index in [1.807, 2.05) is 0 Å². The Morgan fingerprint density at radius 1 is 0.659 bits per heavy atom. The fourth-order valence-electron chi connectivity index (χ4n) is 11.1. The number of aliphatic carboxylic acids is 1. The van der Waals surface area contributed by atoms with Crippen LogP contribution in [0.15, 0.2) is 0 Å². The molecule has 0 aromatic rings. The summed E-state index contributed by atoms with van der Waals surface area (Å²) < 4.78 is 25.1. The van der Waals surface area contributed by atoms with Crippen LogP contribution in [0.5, 0.6) is 0 Å².